The van der Waals surface area contributed by atoms with Crippen molar-refractivity contribution < 1.29 is 14.3 Å². The molecule has 5 heteroatoms. The van der Waals surface area contributed by atoms with Crippen LogP contribution in [0.2, 0.25) is 0 Å². The third-order valence-corrected chi connectivity index (χ3v) is 1.59. The van der Waals surface area contributed by atoms with Gasteiger partial charge in [-0.15, -0.1) is 0 Å². The van der Waals surface area contributed by atoms with Crippen LogP contribution in [0.5, 0.6) is 0 Å². The van der Waals surface area contributed by atoms with Gasteiger partial charge in [-0.2, -0.15) is 0 Å². The van der Waals surface area contributed by atoms with Crippen LogP contribution in [0, 0.1) is 0 Å². The van der Waals surface area contributed by atoms with Crippen LogP contribution in [0.4, 0.5) is 4.79 Å². The van der Waals surface area contributed by atoms with Gasteiger partial charge in [-0.1, -0.05) is 0 Å². The van der Waals surface area contributed by atoms with E-state index in [0.717, 1.165) is 0 Å². The van der Waals surface area contributed by atoms with Crippen molar-refractivity contribution in [2.75, 3.05) is 6.61 Å². The van der Waals surface area contributed by atoms with Crippen molar-refractivity contribution in [3.05, 3.63) is 11.3 Å². The van der Waals surface area contributed by atoms with Crippen molar-refractivity contribution in [1.82, 2.24) is 5.32 Å². The molecule has 2 amide bonds. The van der Waals surface area contributed by atoms with E-state index >= 15 is 0 Å². The molecule has 0 aromatic rings. The smallest absolute Gasteiger partial charge is 0.335 e. The van der Waals surface area contributed by atoms with Crippen molar-refractivity contribution in [2.45, 2.75) is 13.3 Å². The predicted octanol–water partition coefficient (Wildman–Crippen LogP) is -0.124. The molecule has 1 saturated heterocycles. The molecule has 1 aliphatic heterocycles. The summed E-state index contributed by atoms with van der Waals surface area (Å²) in [6.45, 7) is 2.00. The molecule has 0 saturated carbocycles. The Morgan fingerprint density at radius 3 is 2.75 bits per heavy atom. The fourth-order valence-corrected chi connectivity index (χ4v) is 1.04. The zero-order valence-electron chi connectivity index (χ0n) is 6.72. The summed E-state index contributed by atoms with van der Waals surface area (Å²) in [6, 6.07) is -0.667. The van der Waals surface area contributed by atoms with Gasteiger partial charge in [-0.05, 0) is 6.92 Å². The van der Waals surface area contributed by atoms with E-state index in [2.05, 4.69) is 10.1 Å². The van der Waals surface area contributed by atoms with Crippen molar-refractivity contribution in [3.63, 3.8) is 0 Å². The molecule has 1 heterocycles. The summed E-state index contributed by atoms with van der Waals surface area (Å²) in [4.78, 5) is 21.3. The number of amides is 2. The molecule has 5 nitrogen and oxygen atoms in total. The SMILES string of the molecule is CC(NC(N)=O)=C1CCOC1=O. The maximum Gasteiger partial charge on any atom is 0.335 e. The topological polar surface area (TPSA) is 81.4 Å². The Balaban J connectivity index is 2.74. The number of esters is 1. The van der Waals surface area contributed by atoms with Crippen molar-refractivity contribution >= 4 is 12.0 Å². The molecule has 0 bridgehead atoms. The lowest BCUT2D eigenvalue weighted by Gasteiger charge is -2.02. The quantitative estimate of drug-likeness (QED) is 0.425. The molecule has 0 aliphatic carbocycles. The van der Waals surface area contributed by atoms with Crippen LogP contribution < -0.4 is 11.1 Å². The molecule has 0 aromatic heterocycles. The second kappa shape index (κ2) is 3.25. The molecule has 0 aromatic carbocycles. The van der Waals surface area contributed by atoms with Crippen LogP contribution in [-0.4, -0.2) is 18.6 Å². The van der Waals surface area contributed by atoms with Gasteiger partial charge in [0.2, 0.25) is 0 Å². The first-order valence-corrected chi connectivity index (χ1v) is 3.54. The van der Waals surface area contributed by atoms with E-state index in [1.165, 1.54) is 0 Å². The standard InChI is InChI=1S/C7H10N2O3/c1-4(9-7(8)11)5-2-3-12-6(5)10/h2-3H2,1H3,(H3,8,9,11). The first-order chi connectivity index (χ1) is 5.61. The van der Waals surface area contributed by atoms with Crippen LogP contribution in [0.15, 0.2) is 11.3 Å². The van der Waals surface area contributed by atoms with Crippen LogP contribution in [-0.2, 0) is 9.53 Å². The second-order valence-electron chi connectivity index (χ2n) is 2.48. The van der Waals surface area contributed by atoms with Gasteiger partial charge in [0.25, 0.3) is 0 Å². The number of primary amides is 1. The summed E-state index contributed by atoms with van der Waals surface area (Å²) in [6.07, 6.45) is 0.533. The number of carbonyl (C=O) groups is 2. The number of nitrogens with one attached hydrogen (secondary N) is 1. The number of rotatable bonds is 1. The summed E-state index contributed by atoms with van der Waals surface area (Å²) < 4.78 is 4.68. The molecule has 12 heavy (non-hydrogen) atoms. The van der Waals surface area contributed by atoms with E-state index < -0.39 is 6.03 Å². The zero-order chi connectivity index (χ0) is 9.14. The van der Waals surface area contributed by atoms with E-state index in [0.29, 0.717) is 24.3 Å². The second-order valence-corrected chi connectivity index (χ2v) is 2.48. The first-order valence-electron chi connectivity index (χ1n) is 3.54. The van der Waals surface area contributed by atoms with E-state index in [9.17, 15) is 9.59 Å². The first kappa shape index (κ1) is 8.58. The maximum atomic E-state index is 10.9. The number of hydrogen-bond acceptors (Lipinski definition) is 3. The van der Waals surface area contributed by atoms with E-state index in [4.69, 9.17) is 5.73 Å². The molecule has 1 aliphatic rings. The molecule has 66 valence electrons. The predicted molar refractivity (Wildman–Crippen MR) is 41.0 cm³/mol. The van der Waals surface area contributed by atoms with Crippen LogP contribution in [0.25, 0.3) is 0 Å². The van der Waals surface area contributed by atoms with Gasteiger partial charge in [-0.25, -0.2) is 9.59 Å². The molecule has 0 unspecified atom stereocenters. The van der Waals surface area contributed by atoms with Gasteiger partial charge >= 0.3 is 12.0 Å². The fourth-order valence-electron chi connectivity index (χ4n) is 1.04. The molecular formula is C7H10N2O3. The van der Waals surface area contributed by atoms with Crippen molar-refractivity contribution in [3.8, 4) is 0 Å². The minimum atomic E-state index is -0.667. The number of cyclic esters (lactones) is 1. The van der Waals surface area contributed by atoms with Crippen LogP contribution in [0.1, 0.15) is 13.3 Å². The van der Waals surface area contributed by atoms with Gasteiger partial charge in [0.1, 0.15) is 0 Å². The van der Waals surface area contributed by atoms with Gasteiger partial charge in [-0.3, -0.25) is 0 Å². The highest BCUT2D eigenvalue weighted by molar-refractivity contribution is 5.91. The van der Waals surface area contributed by atoms with Crippen molar-refractivity contribution in [1.29, 1.82) is 0 Å². The lowest BCUT2D eigenvalue weighted by Crippen LogP contribution is -2.28. The molecule has 1 fully saturated rings. The van der Waals surface area contributed by atoms with Gasteiger partial charge < -0.3 is 15.8 Å². The lowest BCUT2D eigenvalue weighted by atomic mass is 10.2. The van der Waals surface area contributed by atoms with Crippen molar-refractivity contribution in [2.24, 2.45) is 5.73 Å². The summed E-state index contributed by atoms with van der Waals surface area (Å²) in [5.41, 5.74) is 5.84. The summed E-state index contributed by atoms with van der Waals surface area (Å²) in [7, 11) is 0. The zero-order valence-corrected chi connectivity index (χ0v) is 6.72. The Morgan fingerprint density at radius 1 is 1.67 bits per heavy atom. The highest BCUT2D eigenvalue weighted by atomic mass is 16.5. The summed E-state index contributed by atoms with van der Waals surface area (Å²) in [5.74, 6) is -0.374. The Hall–Kier alpha value is -1.52. The van der Waals surface area contributed by atoms with E-state index in [1.807, 2.05) is 0 Å². The highest BCUT2D eigenvalue weighted by Crippen LogP contribution is 2.15. The average molecular weight is 170 g/mol. The van der Waals surface area contributed by atoms with Crippen LogP contribution in [0.3, 0.4) is 0 Å². The monoisotopic (exact) mass is 170 g/mol. The van der Waals surface area contributed by atoms with Crippen LogP contribution >= 0.6 is 0 Å². The van der Waals surface area contributed by atoms with E-state index in [-0.39, 0.29) is 5.97 Å². The number of urea groups is 1. The highest BCUT2D eigenvalue weighted by Gasteiger charge is 2.21. The molecule has 0 spiro atoms. The third kappa shape index (κ3) is 1.75. The number of ether oxygens (including phenoxy) is 1. The largest absolute Gasteiger partial charge is 0.462 e. The number of hydrogen-bond donors (Lipinski definition) is 2. The molecule has 0 atom stereocenters. The Labute approximate surface area is 69.6 Å². The minimum Gasteiger partial charge on any atom is -0.462 e. The number of nitrogens with two attached hydrogens (primary N) is 1. The molecule has 3 N–H and O–H groups in total. The number of carbonyl (C=O) groups excluding carboxylic acids is 2. The summed E-state index contributed by atoms with van der Waals surface area (Å²) in [5, 5.41) is 2.33. The fraction of sp³-hybridized carbons (Fsp3) is 0.429. The van der Waals surface area contributed by atoms with Gasteiger partial charge in [0.05, 0.1) is 12.2 Å². The van der Waals surface area contributed by atoms with Gasteiger partial charge in [0, 0.05) is 12.1 Å². The Kier molecular flexibility index (Phi) is 2.32. The Morgan fingerprint density at radius 2 is 2.33 bits per heavy atom. The lowest BCUT2D eigenvalue weighted by molar-refractivity contribution is -0.135. The normalized spacial score (nSPS) is 20.2. The molecule has 0 radical (unpaired) electrons. The van der Waals surface area contributed by atoms with E-state index in [1.54, 1.807) is 6.92 Å². The summed E-state index contributed by atoms with van der Waals surface area (Å²) >= 11 is 0. The third-order valence-electron chi connectivity index (χ3n) is 1.59. The Bertz CT molecular complexity index is 257. The van der Waals surface area contributed by atoms with Gasteiger partial charge in [0.15, 0.2) is 0 Å². The number of allylic oxidation sites excluding steroid dienone is 1. The maximum absolute atomic E-state index is 10.9. The molecule has 1 rings (SSSR count). The average Bonchev–Trinajstić information content (AvgIpc) is 2.33. The molecular weight excluding hydrogens is 160 g/mol. The minimum absolute atomic E-state index is 0.374.